The Kier molecular flexibility index (Phi) is 2.50. The van der Waals surface area contributed by atoms with Gasteiger partial charge >= 0.3 is 11.9 Å². The molecule has 0 amide bonds. The van der Waals surface area contributed by atoms with Gasteiger partial charge in [0.15, 0.2) is 0 Å². The minimum Gasteiger partial charge on any atom is -0.481 e. The van der Waals surface area contributed by atoms with Gasteiger partial charge in [0.25, 0.3) is 0 Å². The molecule has 0 aromatic heterocycles. The third kappa shape index (κ3) is 1.89. The smallest absolute Gasteiger partial charge is 0.332 e. The van der Waals surface area contributed by atoms with Crippen molar-refractivity contribution in [2.75, 3.05) is 0 Å². The van der Waals surface area contributed by atoms with Crippen molar-refractivity contribution >= 4 is 11.9 Å². The summed E-state index contributed by atoms with van der Waals surface area (Å²) in [7, 11) is 0. The van der Waals surface area contributed by atoms with E-state index in [1.165, 1.54) is 6.42 Å². The second-order valence-corrected chi connectivity index (χ2v) is 4.46. The minimum atomic E-state index is -1.06. The van der Waals surface area contributed by atoms with E-state index in [0.717, 1.165) is 24.8 Å². The quantitative estimate of drug-likeness (QED) is 0.695. The predicted molar refractivity (Wildman–Crippen MR) is 52.4 cm³/mol. The zero-order valence-corrected chi connectivity index (χ0v) is 8.40. The van der Waals surface area contributed by atoms with Gasteiger partial charge in [-0.25, -0.2) is 4.79 Å². The van der Waals surface area contributed by atoms with E-state index in [1.54, 1.807) is 0 Å². The summed E-state index contributed by atoms with van der Waals surface area (Å²) in [5, 5.41) is 17.7. The van der Waals surface area contributed by atoms with E-state index in [1.807, 2.05) is 0 Å². The average Bonchev–Trinajstić information content (AvgIpc) is 2.73. The zero-order valence-electron chi connectivity index (χ0n) is 8.40. The Morgan fingerprint density at radius 3 is 2.40 bits per heavy atom. The Balaban J connectivity index is 2.26. The van der Waals surface area contributed by atoms with Crippen LogP contribution in [-0.2, 0) is 9.59 Å². The van der Waals surface area contributed by atoms with Crippen molar-refractivity contribution < 1.29 is 19.8 Å². The number of rotatable bonds is 3. The van der Waals surface area contributed by atoms with Gasteiger partial charge in [0.05, 0.1) is 6.42 Å². The van der Waals surface area contributed by atoms with Crippen LogP contribution < -0.4 is 0 Å². The summed E-state index contributed by atoms with van der Waals surface area (Å²) in [4.78, 5) is 21.6. The second-order valence-electron chi connectivity index (χ2n) is 4.46. The first-order valence-corrected chi connectivity index (χ1v) is 5.25. The van der Waals surface area contributed by atoms with Crippen molar-refractivity contribution in [2.24, 2.45) is 11.8 Å². The molecule has 82 valence electrons. The highest BCUT2D eigenvalue weighted by Crippen LogP contribution is 2.49. The highest BCUT2D eigenvalue weighted by atomic mass is 16.4. The molecule has 2 unspecified atom stereocenters. The summed E-state index contributed by atoms with van der Waals surface area (Å²) in [5.74, 6) is -1.16. The molecule has 2 rings (SSSR count). The van der Waals surface area contributed by atoms with Crippen molar-refractivity contribution in [3.8, 4) is 0 Å². The first-order chi connectivity index (χ1) is 7.08. The number of hydrogen-bond donors (Lipinski definition) is 2. The van der Waals surface area contributed by atoms with Crippen LogP contribution >= 0.6 is 0 Å². The molecule has 2 N–H and O–H groups in total. The summed E-state index contributed by atoms with van der Waals surface area (Å²) in [6.45, 7) is 0. The van der Waals surface area contributed by atoms with E-state index >= 15 is 0 Å². The maximum atomic E-state index is 11.0. The fraction of sp³-hybridized carbons (Fsp3) is 0.636. The van der Waals surface area contributed by atoms with E-state index in [9.17, 15) is 9.59 Å². The second kappa shape index (κ2) is 3.68. The fourth-order valence-corrected chi connectivity index (χ4v) is 2.90. The lowest BCUT2D eigenvalue weighted by atomic mass is 9.89. The molecule has 2 aliphatic carbocycles. The van der Waals surface area contributed by atoms with Gasteiger partial charge in [-0.15, -0.1) is 0 Å². The largest absolute Gasteiger partial charge is 0.481 e. The molecule has 0 aliphatic heterocycles. The molecule has 0 heterocycles. The molecule has 4 nitrogen and oxygen atoms in total. The van der Waals surface area contributed by atoms with Gasteiger partial charge in [-0.2, -0.15) is 0 Å². The Bertz CT molecular complexity index is 342. The van der Waals surface area contributed by atoms with Gasteiger partial charge in [0.2, 0.25) is 0 Å². The molecule has 2 fully saturated rings. The van der Waals surface area contributed by atoms with Gasteiger partial charge in [-0.3, -0.25) is 4.79 Å². The molecule has 0 saturated heterocycles. The Morgan fingerprint density at radius 2 is 2.00 bits per heavy atom. The summed E-state index contributed by atoms with van der Waals surface area (Å²) in [5.41, 5.74) is 1.04. The van der Waals surface area contributed by atoms with Crippen LogP contribution in [0.25, 0.3) is 0 Å². The molecule has 0 aromatic carbocycles. The average molecular weight is 210 g/mol. The third-order valence-corrected chi connectivity index (χ3v) is 3.52. The number of allylic oxidation sites excluding steroid dienone is 1. The predicted octanol–water partition coefficient (Wildman–Crippen LogP) is 1.66. The molecular formula is C11H14O4. The molecule has 2 saturated carbocycles. The van der Waals surface area contributed by atoms with Crippen molar-refractivity contribution in [3.05, 3.63) is 11.1 Å². The van der Waals surface area contributed by atoms with Crippen LogP contribution in [0.5, 0.6) is 0 Å². The van der Waals surface area contributed by atoms with Crippen LogP contribution in [0.2, 0.25) is 0 Å². The van der Waals surface area contributed by atoms with Crippen LogP contribution in [0.1, 0.15) is 32.1 Å². The summed E-state index contributed by atoms with van der Waals surface area (Å²) >= 11 is 0. The van der Waals surface area contributed by atoms with Crippen LogP contribution in [0.3, 0.4) is 0 Å². The monoisotopic (exact) mass is 210 g/mol. The maximum Gasteiger partial charge on any atom is 0.332 e. The molecular weight excluding hydrogens is 196 g/mol. The van der Waals surface area contributed by atoms with E-state index in [-0.39, 0.29) is 12.0 Å². The lowest BCUT2D eigenvalue weighted by molar-refractivity contribution is -0.139. The van der Waals surface area contributed by atoms with Crippen molar-refractivity contribution in [3.63, 3.8) is 0 Å². The van der Waals surface area contributed by atoms with Gasteiger partial charge in [-0.05, 0) is 37.5 Å². The SMILES string of the molecule is O=C(O)C/C(C(=O)O)=C1\CC2CCC1C2. The van der Waals surface area contributed by atoms with Gasteiger partial charge in [0, 0.05) is 5.57 Å². The third-order valence-electron chi connectivity index (χ3n) is 3.52. The maximum absolute atomic E-state index is 11.0. The van der Waals surface area contributed by atoms with Crippen molar-refractivity contribution in [1.82, 2.24) is 0 Å². The normalized spacial score (nSPS) is 31.7. The van der Waals surface area contributed by atoms with E-state index in [4.69, 9.17) is 10.2 Å². The van der Waals surface area contributed by atoms with Gasteiger partial charge in [-0.1, -0.05) is 5.57 Å². The van der Waals surface area contributed by atoms with Crippen LogP contribution in [0, 0.1) is 11.8 Å². The Hall–Kier alpha value is -1.32. The standard InChI is InChI=1S/C11H14O4/c12-10(13)5-9(11(14)15)8-4-6-1-2-7(8)3-6/h6-7H,1-5H2,(H,12,13)(H,14,15)/b9-8-. The molecule has 2 bridgehead atoms. The highest BCUT2D eigenvalue weighted by Gasteiger charge is 2.38. The van der Waals surface area contributed by atoms with Crippen LogP contribution in [0.4, 0.5) is 0 Å². The van der Waals surface area contributed by atoms with Gasteiger partial charge in [0.1, 0.15) is 0 Å². The molecule has 4 heteroatoms. The molecule has 15 heavy (non-hydrogen) atoms. The number of carboxylic acids is 2. The number of carboxylic acid groups (broad SMARTS) is 2. The summed E-state index contributed by atoms with van der Waals surface area (Å²) in [6, 6.07) is 0. The first-order valence-electron chi connectivity index (χ1n) is 5.25. The van der Waals surface area contributed by atoms with E-state index < -0.39 is 11.9 Å². The van der Waals surface area contributed by atoms with Crippen molar-refractivity contribution in [1.29, 1.82) is 0 Å². The van der Waals surface area contributed by atoms with Gasteiger partial charge < -0.3 is 10.2 Å². The number of carbonyl (C=O) groups is 2. The Labute approximate surface area is 87.6 Å². The van der Waals surface area contributed by atoms with Crippen molar-refractivity contribution in [2.45, 2.75) is 32.1 Å². The summed E-state index contributed by atoms with van der Waals surface area (Å²) < 4.78 is 0. The molecule has 0 radical (unpaired) electrons. The molecule has 2 aliphatic rings. The molecule has 0 spiro atoms. The lowest BCUT2D eigenvalue weighted by Crippen LogP contribution is -2.13. The lowest BCUT2D eigenvalue weighted by Gasteiger charge is -2.16. The topological polar surface area (TPSA) is 74.6 Å². The Morgan fingerprint density at radius 1 is 1.27 bits per heavy atom. The zero-order chi connectivity index (χ0) is 11.0. The molecule has 0 aromatic rings. The molecule has 2 atom stereocenters. The number of aliphatic carboxylic acids is 2. The highest BCUT2D eigenvalue weighted by molar-refractivity contribution is 5.93. The number of hydrogen-bond acceptors (Lipinski definition) is 2. The van der Waals surface area contributed by atoms with E-state index in [2.05, 4.69) is 0 Å². The fourth-order valence-electron chi connectivity index (χ4n) is 2.90. The van der Waals surface area contributed by atoms with E-state index in [0.29, 0.717) is 11.8 Å². The summed E-state index contributed by atoms with van der Waals surface area (Å²) in [6.07, 6.45) is 3.74. The van der Waals surface area contributed by atoms with Crippen LogP contribution in [0.15, 0.2) is 11.1 Å². The van der Waals surface area contributed by atoms with Crippen LogP contribution in [-0.4, -0.2) is 22.2 Å². The minimum absolute atomic E-state index is 0.134. The number of fused-ring (bicyclic) bond motifs is 2. The first kappa shape index (κ1) is 10.2.